The smallest absolute Gasteiger partial charge is 0.169 e. The number of fused-ring (bicyclic) bond motifs is 1. The number of carbonyl (C=O) groups excluding carboxylic acids is 1. The van der Waals surface area contributed by atoms with E-state index in [9.17, 15) is 4.79 Å². The van der Waals surface area contributed by atoms with E-state index in [0.717, 1.165) is 56.0 Å². The Balaban J connectivity index is 1.42. The number of carbonyl (C=O) groups is 1. The predicted molar refractivity (Wildman–Crippen MR) is 100 cm³/mol. The van der Waals surface area contributed by atoms with Crippen LogP contribution in [0.5, 0.6) is 5.75 Å². The van der Waals surface area contributed by atoms with Crippen LogP contribution in [0, 0.1) is 11.3 Å². The van der Waals surface area contributed by atoms with Crippen molar-refractivity contribution in [1.82, 2.24) is 4.90 Å². The van der Waals surface area contributed by atoms with Crippen molar-refractivity contribution in [2.45, 2.75) is 57.8 Å². The van der Waals surface area contributed by atoms with Crippen molar-refractivity contribution in [3.63, 3.8) is 0 Å². The van der Waals surface area contributed by atoms with Gasteiger partial charge in [0.15, 0.2) is 5.78 Å². The molecule has 1 heterocycles. The molecule has 1 aliphatic heterocycles. The van der Waals surface area contributed by atoms with E-state index in [1.54, 1.807) is 7.11 Å². The second-order valence-corrected chi connectivity index (χ2v) is 8.44. The van der Waals surface area contributed by atoms with Gasteiger partial charge >= 0.3 is 0 Å². The maximum atomic E-state index is 13.3. The van der Waals surface area contributed by atoms with Gasteiger partial charge in [0, 0.05) is 17.5 Å². The lowest BCUT2D eigenvalue weighted by molar-refractivity contribution is 0.0500. The van der Waals surface area contributed by atoms with Gasteiger partial charge in [0.2, 0.25) is 0 Å². The summed E-state index contributed by atoms with van der Waals surface area (Å²) in [4.78, 5) is 15.9. The van der Waals surface area contributed by atoms with Gasteiger partial charge in [0.25, 0.3) is 0 Å². The summed E-state index contributed by atoms with van der Waals surface area (Å²) in [6.45, 7) is 3.46. The molecule has 1 saturated heterocycles. The minimum absolute atomic E-state index is 0.109. The maximum absolute atomic E-state index is 13.3. The largest absolute Gasteiger partial charge is 0.497 e. The van der Waals surface area contributed by atoms with E-state index >= 15 is 0 Å². The molecule has 4 rings (SSSR count). The van der Waals surface area contributed by atoms with Crippen LogP contribution in [-0.2, 0) is 6.42 Å². The van der Waals surface area contributed by atoms with Crippen LogP contribution in [0.2, 0.25) is 0 Å². The van der Waals surface area contributed by atoms with Gasteiger partial charge in [-0.3, -0.25) is 4.79 Å². The molecule has 2 fully saturated rings. The van der Waals surface area contributed by atoms with E-state index < -0.39 is 0 Å². The van der Waals surface area contributed by atoms with Crippen molar-refractivity contribution in [3.05, 3.63) is 29.3 Å². The first-order chi connectivity index (χ1) is 12.2. The van der Waals surface area contributed by atoms with E-state index in [-0.39, 0.29) is 5.41 Å². The Morgan fingerprint density at radius 1 is 1.12 bits per heavy atom. The molecule has 0 aromatic heterocycles. The number of hydrogen-bond donors (Lipinski definition) is 0. The molecule has 1 aromatic rings. The molecule has 3 aliphatic rings. The first-order valence-electron chi connectivity index (χ1n) is 10.1. The third-order valence-electron chi connectivity index (χ3n) is 6.97. The molecule has 136 valence electrons. The van der Waals surface area contributed by atoms with Crippen LogP contribution in [-0.4, -0.2) is 37.4 Å². The van der Waals surface area contributed by atoms with Gasteiger partial charge in [-0.25, -0.2) is 0 Å². The molecule has 2 aliphatic carbocycles. The van der Waals surface area contributed by atoms with Crippen LogP contribution in [0.4, 0.5) is 0 Å². The van der Waals surface area contributed by atoms with E-state index in [1.807, 2.05) is 12.1 Å². The van der Waals surface area contributed by atoms with Crippen LogP contribution < -0.4 is 4.74 Å². The number of hydrogen-bond acceptors (Lipinski definition) is 3. The molecule has 3 nitrogen and oxygen atoms in total. The van der Waals surface area contributed by atoms with Crippen LogP contribution in [0.25, 0.3) is 0 Å². The second kappa shape index (κ2) is 7.11. The fourth-order valence-electron chi connectivity index (χ4n) is 5.26. The van der Waals surface area contributed by atoms with Crippen LogP contribution in [0.3, 0.4) is 0 Å². The third kappa shape index (κ3) is 3.36. The Hall–Kier alpha value is -1.35. The number of piperidine rings is 1. The van der Waals surface area contributed by atoms with Gasteiger partial charge in [-0.15, -0.1) is 0 Å². The standard InChI is InChI=1S/C22H31NO2/c1-25-19-8-7-18-9-10-22(21(24)20(18)15-19)11-13-23(14-12-22)16-17-5-3-2-4-6-17/h7-8,15,17H,2-6,9-14,16H2,1H3. The first-order valence-corrected chi connectivity index (χ1v) is 10.1. The average molecular weight is 341 g/mol. The number of ether oxygens (including phenoxy) is 1. The average Bonchev–Trinajstić information content (AvgIpc) is 2.67. The van der Waals surface area contributed by atoms with Crippen LogP contribution in [0.15, 0.2) is 18.2 Å². The summed E-state index contributed by atoms with van der Waals surface area (Å²) in [7, 11) is 1.68. The second-order valence-electron chi connectivity index (χ2n) is 8.44. The lowest BCUT2D eigenvalue weighted by atomic mass is 9.65. The Morgan fingerprint density at radius 3 is 2.60 bits per heavy atom. The topological polar surface area (TPSA) is 29.5 Å². The minimum atomic E-state index is -0.109. The molecule has 1 aromatic carbocycles. The normalized spacial score (nSPS) is 24.3. The van der Waals surface area contributed by atoms with Gasteiger partial charge < -0.3 is 9.64 Å². The maximum Gasteiger partial charge on any atom is 0.169 e. The summed E-state index contributed by atoms with van der Waals surface area (Å²) < 4.78 is 5.35. The SMILES string of the molecule is COc1ccc2c(c1)C(=O)C1(CC2)CCN(CC2CCCCC2)CC1. The quantitative estimate of drug-likeness (QED) is 0.811. The number of ketones is 1. The van der Waals surface area contributed by atoms with Crippen molar-refractivity contribution < 1.29 is 9.53 Å². The Morgan fingerprint density at radius 2 is 1.88 bits per heavy atom. The number of rotatable bonds is 3. The number of nitrogens with zero attached hydrogens (tertiary/aromatic N) is 1. The van der Waals surface area contributed by atoms with Gasteiger partial charge in [-0.05, 0) is 75.2 Å². The molecule has 0 bridgehead atoms. The first kappa shape index (κ1) is 17.1. The molecular weight excluding hydrogens is 310 g/mol. The predicted octanol–water partition coefficient (Wildman–Crippen LogP) is 4.49. The Labute approximate surface area is 151 Å². The number of aryl methyl sites for hydroxylation is 1. The number of benzene rings is 1. The van der Waals surface area contributed by atoms with Gasteiger partial charge in [-0.1, -0.05) is 25.3 Å². The zero-order valence-corrected chi connectivity index (χ0v) is 15.6. The zero-order valence-electron chi connectivity index (χ0n) is 15.6. The van der Waals surface area contributed by atoms with Crippen LogP contribution in [0.1, 0.15) is 67.3 Å². The highest BCUT2D eigenvalue weighted by molar-refractivity contribution is 6.03. The van der Waals surface area contributed by atoms with Crippen molar-refractivity contribution in [3.8, 4) is 5.75 Å². The molecule has 1 spiro atoms. The summed E-state index contributed by atoms with van der Waals surface area (Å²) in [6.07, 6.45) is 11.2. The molecule has 25 heavy (non-hydrogen) atoms. The highest BCUT2D eigenvalue weighted by Crippen LogP contribution is 2.44. The van der Waals surface area contributed by atoms with E-state index in [2.05, 4.69) is 11.0 Å². The Bertz CT molecular complexity index is 625. The van der Waals surface area contributed by atoms with E-state index in [1.165, 1.54) is 44.2 Å². The van der Waals surface area contributed by atoms with Gasteiger partial charge in [0.1, 0.15) is 5.75 Å². The molecule has 0 atom stereocenters. The van der Waals surface area contributed by atoms with E-state index in [4.69, 9.17) is 4.74 Å². The molecule has 0 amide bonds. The molecule has 0 unspecified atom stereocenters. The fraction of sp³-hybridized carbons (Fsp3) is 0.682. The summed E-state index contributed by atoms with van der Waals surface area (Å²) in [6, 6.07) is 6.03. The highest BCUT2D eigenvalue weighted by Gasteiger charge is 2.44. The summed E-state index contributed by atoms with van der Waals surface area (Å²) >= 11 is 0. The number of methoxy groups -OCH3 is 1. The number of likely N-dealkylation sites (tertiary alicyclic amines) is 1. The summed E-state index contributed by atoms with van der Waals surface area (Å²) in [5, 5.41) is 0. The lowest BCUT2D eigenvalue weighted by Crippen LogP contribution is -2.47. The molecule has 0 radical (unpaired) electrons. The van der Waals surface area contributed by atoms with Gasteiger partial charge in [-0.2, -0.15) is 0 Å². The molecule has 1 saturated carbocycles. The third-order valence-corrected chi connectivity index (χ3v) is 6.97. The van der Waals surface area contributed by atoms with Crippen molar-refractivity contribution >= 4 is 5.78 Å². The zero-order chi connectivity index (χ0) is 17.3. The Kier molecular flexibility index (Phi) is 4.86. The monoisotopic (exact) mass is 341 g/mol. The van der Waals surface area contributed by atoms with Crippen molar-refractivity contribution in [2.75, 3.05) is 26.7 Å². The summed E-state index contributed by atoms with van der Waals surface area (Å²) in [5.74, 6) is 2.08. The van der Waals surface area contributed by atoms with Crippen LogP contribution >= 0.6 is 0 Å². The fourth-order valence-corrected chi connectivity index (χ4v) is 5.26. The summed E-state index contributed by atoms with van der Waals surface area (Å²) in [5.41, 5.74) is 2.02. The molecule has 0 N–H and O–H groups in total. The van der Waals surface area contributed by atoms with Crippen molar-refractivity contribution in [1.29, 1.82) is 0 Å². The minimum Gasteiger partial charge on any atom is -0.497 e. The highest BCUT2D eigenvalue weighted by atomic mass is 16.5. The number of Topliss-reactive ketones (excluding diaryl/α,β-unsaturated/α-hetero) is 1. The lowest BCUT2D eigenvalue weighted by Gasteiger charge is -2.44. The molecular formula is C22H31NO2. The van der Waals surface area contributed by atoms with E-state index in [0.29, 0.717) is 5.78 Å². The molecule has 3 heteroatoms. The van der Waals surface area contributed by atoms with Gasteiger partial charge in [0.05, 0.1) is 7.11 Å². The van der Waals surface area contributed by atoms with Crippen molar-refractivity contribution in [2.24, 2.45) is 11.3 Å².